The van der Waals surface area contributed by atoms with Crippen molar-refractivity contribution in [3.05, 3.63) is 27.7 Å². The molecule has 0 spiro atoms. The number of nitrogens with two attached hydrogens (primary N) is 1. The van der Waals surface area contributed by atoms with E-state index in [-0.39, 0.29) is 17.0 Å². The molecule has 1 fully saturated rings. The van der Waals surface area contributed by atoms with Crippen molar-refractivity contribution >= 4 is 34.8 Å². The van der Waals surface area contributed by atoms with Crippen molar-refractivity contribution in [1.29, 1.82) is 0 Å². The fourth-order valence-electron chi connectivity index (χ4n) is 2.47. The number of likely N-dealkylation sites (tertiary alicyclic amines) is 1. The minimum Gasteiger partial charge on any atom is -0.397 e. The summed E-state index contributed by atoms with van der Waals surface area (Å²) in [6, 6.07) is 3.28. The van der Waals surface area contributed by atoms with Crippen molar-refractivity contribution < 1.29 is 4.79 Å². The average Bonchev–Trinajstić information content (AvgIpc) is 2.44. The lowest BCUT2D eigenvalue weighted by Gasteiger charge is -2.32. The summed E-state index contributed by atoms with van der Waals surface area (Å²) in [7, 11) is 0. The van der Waals surface area contributed by atoms with Gasteiger partial charge in [0.25, 0.3) is 5.91 Å². The van der Waals surface area contributed by atoms with Gasteiger partial charge < -0.3 is 16.0 Å². The van der Waals surface area contributed by atoms with Crippen molar-refractivity contribution in [2.45, 2.75) is 25.8 Å². The van der Waals surface area contributed by atoms with Crippen LogP contribution in [0.1, 0.15) is 30.1 Å². The molecule has 2 rings (SSSR count). The predicted octanol–water partition coefficient (Wildman–Crippen LogP) is 2.79. The Kier molecular flexibility index (Phi) is 5.13. The SMILES string of the molecule is CCN1CCCC(NC(=O)c2cc(N)c(Cl)c(Cl)c2)C1. The van der Waals surface area contributed by atoms with Crippen LogP contribution in [-0.2, 0) is 0 Å². The van der Waals surface area contributed by atoms with Crippen molar-refractivity contribution in [1.82, 2.24) is 10.2 Å². The number of anilines is 1. The maximum Gasteiger partial charge on any atom is 0.251 e. The van der Waals surface area contributed by atoms with Crippen LogP contribution in [0.2, 0.25) is 10.0 Å². The van der Waals surface area contributed by atoms with Crippen molar-refractivity contribution in [3.8, 4) is 0 Å². The van der Waals surface area contributed by atoms with Gasteiger partial charge in [-0.3, -0.25) is 4.79 Å². The van der Waals surface area contributed by atoms with E-state index in [2.05, 4.69) is 17.1 Å². The summed E-state index contributed by atoms with van der Waals surface area (Å²) in [5.41, 5.74) is 6.50. The zero-order chi connectivity index (χ0) is 14.7. The largest absolute Gasteiger partial charge is 0.397 e. The summed E-state index contributed by atoms with van der Waals surface area (Å²) < 4.78 is 0. The topological polar surface area (TPSA) is 58.4 Å². The summed E-state index contributed by atoms with van der Waals surface area (Å²) in [5.74, 6) is -0.154. The molecule has 0 aliphatic carbocycles. The molecule has 1 saturated heterocycles. The Morgan fingerprint density at radius 2 is 2.25 bits per heavy atom. The maximum absolute atomic E-state index is 12.2. The van der Waals surface area contributed by atoms with Crippen LogP contribution in [0, 0.1) is 0 Å². The van der Waals surface area contributed by atoms with Crippen LogP contribution >= 0.6 is 23.2 Å². The number of nitrogens with one attached hydrogen (secondary N) is 1. The third kappa shape index (κ3) is 3.57. The van der Waals surface area contributed by atoms with Gasteiger partial charge in [-0.15, -0.1) is 0 Å². The third-order valence-corrected chi connectivity index (χ3v) is 4.42. The molecule has 6 heteroatoms. The van der Waals surface area contributed by atoms with Gasteiger partial charge in [-0.1, -0.05) is 30.1 Å². The fraction of sp³-hybridized carbons (Fsp3) is 0.500. The van der Waals surface area contributed by atoms with Crippen molar-refractivity contribution in [2.24, 2.45) is 0 Å². The zero-order valence-electron chi connectivity index (χ0n) is 11.5. The molecule has 20 heavy (non-hydrogen) atoms. The van der Waals surface area contributed by atoms with Gasteiger partial charge in [0.05, 0.1) is 15.7 Å². The van der Waals surface area contributed by atoms with E-state index < -0.39 is 0 Å². The first-order valence-corrected chi connectivity index (χ1v) is 7.54. The molecule has 3 N–H and O–H groups in total. The fourth-order valence-corrected chi connectivity index (χ4v) is 2.81. The van der Waals surface area contributed by atoms with Gasteiger partial charge in [0, 0.05) is 18.2 Å². The molecule has 0 bridgehead atoms. The molecule has 1 aliphatic heterocycles. The van der Waals surface area contributed by atoms with E-state index in [9.17, 15) is 4.79 Å². The van der Waals surface area contributed by atoms with E-state index in [4.69, 9.17) is 28.9 Å². The van der Waals surface area contributed by atoms with Crippen molar-refractivity contribution in [2.75, 3.05) is 25.4 Å². The minimum atomic E-state index is -0.154. The number of nitrogen functional groups attached to an aromatic ring is 1. The van der Waals surface area contributed by atoms with E-state index in [1.807, 2.05) is 0 Å². The molecule has 0 radical (unpaired) electrons. The van der Waals surface area contributed by atoms with Crippen LogP contribution in [0.3, 0.4) is 0 Å². The normalized spacial score (nSPS) is 19.9. The number of piperidine rings is 1. The third-order valence-electron chi connectivity index (χ3n) is 3.61. The average molecular weight is 316 g/mol. The molecule has 4 nitrogen and oxygen atoms in total. The molecule has 110 valence electrons. The Balaban J connectivity index is 2.05. The molecule has 1 heterocycles. The van der Waals surface area contributed by atoms with E-state index in [0.29, 0.717) is 16.3 Å². The summed E-state index contributed by atoms with van der Waals surface area (Å²) in [5, 5.41) is 3.63. The highest BCUT2D eigenvalue weighted by Gasteiger charge is 2.21. The molecule has 1 aromatic carbocycles. The van der Waals surface area contributed by atoms with Gasteiger partial charge in [-0.2, -0.15) is 0 Å². The number of halogens is 2. The Hall–Kier alpha value is -0.970. The molecular formula is C14H19Cl2N3O. The second kappa shape index (κ2) is 6.66. The summed E-state index contributed by atoms with van der Waals surface area (Å²) >= 11 is 11.8. The highest BCUT2D eigenvalue weighted by molar-refractivity contribution is 6.43. The standard InChI is InChI=1S/C14H19Cl2N3O/c1-2-19-5-3-4-10(8-19)18-14(20)9-6-11(15)13(16)12(17)7-9/h6-7,10H,2-5,8,17H2,1H3,(H,18,20). The number of amides is 1. The minimum absolute atomic E-state index is 0.154. The lowest BCUT2D eigenvalue weighted by molar-refractivity contribution is 0.0906. The Bertz CT molecular complexity index is 484. The second-order valence-electron chi connectivity index (χ2n) is 5.07. The number of carbonyl (C=O) groups excluding carboxylic acids is 1. The predicted molar refractivity (Wildman–Crippen MR) is 83.5 cm³/mol. The van der Waals surface area contributed by atoms with Gasteiger partial charge in [0.15, 0.2) is 0 Å². The molecule has 1 aliphatic rings. The van der Waals surface area contributed by atoms with Gasteiger partial charge in [0.1, 0.15) is 0 Å². The lowest BCUT2D eigenvalue weighted by Crippen LogP contribution is -2.47. The molecule has 1 unspecified atom stereocenters. The second-order valence-corrected chi connectivity index (χ2v) is 5.85. The summed E-state index contributed by atoms with van der Waals surface area (Å²) in [4.78, 5) is 14.6. The Morgan fingerprint density at radius 1 is 1.50 bits per heavy atom. The van der Waals surface area contributed by atoms with Crippen molar-refractivity contribution in [3.63, 3.8) is 0 Å². The number of rotatable bonds is 3. The van der Waals surface area contributed by atoms with Crippen LogP contribution in [0.4, 0.5) is 5.69 Å². The van der Waals surface area contributed by atoms with E-state index in [0.717, 1.165) is 32.5 Å². The number of likely N-dealkylation sites (N-methyl/N-ethyl adjacent to an activating group) is 1. The number of nitrogens with zero attached hydrogens (tertiary/aromatic N) is 1. The van der Waals surface area contributed by atoms with Crippen LogP contribution in [0.5, 0.6) is 0 Å². The quantitative estimate of drug-likeness (QED) is 0.843. The van der Waals surface area contributed by atoms with Crippen LogP contribution in [-0.4, -0.2) is 36.5 Å². The Labute approximate surface area is 129 Å². The summed E-state index contributed by atoms with van der Waals surface area (Å²) in [6.07, 6.45) is 2.10. The molecule has 0 saturated carbocycles. The number of hydrogen-bond donors (Lipinski definition) is 2. The lowest BCUT2D eigenvalue weighted by atomic mass is 10.0. The molecule has 1 amide bonds. The first kappa shape index (κ1) is 15.4. The molecule has 1 atom stereocenters. The number of benzene rings is 1. The first-order valence-electron chi connectivity index (χ1n) is 6.79. The first-order chi connectivity index (χ1) is 9.51. The van der Waals surface area contributed by atoms with Gasteiger partial charge in [0.2, 0.25) is 0 Å². The van der Waals surface area contributed by atoms with E-state index >= 15 is 0 Å². The molecule has 0 aromatic heterocycles. The smallest absolute Gasteiger partial charge is 0.251 e. The maximum atomic E-state index is 12.2. The van der Waals surface area contributed by atoms with E-state index in [1.54, 1.807) is 12.1 Å². The van der Waals surface area contributed by atoms with E-state index in [1.165, 1.54) is 0 Å². The van der Waals surface area contributed by atoms with Gasteiger partial charge in [-0.25, -0.2) is 0 Å². The highest BCUT2D eigenvalue weighted by atomic mass is 35.5. The number of hydrogen-bond acceptors (Lipinski definition) is 3. The van der Waals surface area contributed by atoms with Gasteiger partial charge >= 0.3 is 0 Å². The summed E-state index contributed by atoms with van der Waals surface area (Å²) in [6.45, 7) is 5.12. The highest BCUT2D eigenvalue weighted by Crippen LogP contribution is 2.29. The van der Waals surface area contributed by atoms with Crippen LogP contribution in [0.25, 0.3) is 0 Å². The van der Waals surface area contributed by atoms with Gasteiger partial charge in [-0.05, 0) is 38.1 Å². The molecule has 1 aromatic rings. The zero-order valence-corrected chi connectivity index (χ0v) is 13.0. The molecular weight excluding hydrogens is 297 g/mol. The van der Waals surface area contributed by atoms with Crippen LogP contribution in [0.15, 0.2) is 12.1 Å². The Morgan fingerprint density at radius 3 is 2.90 bits per heavy atom. The monoisotopic (exact) mass is 315 g/mol. The van der Waals surface area contributed by atoms with Crippen LogP contribution < -0.4 is 11.1 Å². The number of carbonyl (C=O) groups is 1.